The van der Waals surface area contributed by atoms with Crippen LogP contribution in [0.1, 0.15) is 5.56 Å². The summed E-state index contributed by atoms with van der Waals surface area (Å²) in [5.41, 5.74) is 5.04. The molecule has 4 aromatic rings. The molecule has 140 valence electrons. The number of aromatic nitrogens is 5. The molecule has 0 fully saturated rings. The van der Waals surface area contributed by atoms with Crippen LogP contribution in [0.2, 0.25) is 0 Å². The minimum atomic E-state index is -0.389. The van der Waals surface area contributed by atoms with E-state index in [2.05, 4.69) is 25.9 Å². The Hall–Kier alpha value is -3.88. The number of fused-ring (bicyclic) bond motifs is 1. The number of rotatable bonds is 5. The first kappa shape index (κ1) is 17.5. The number of amides is 1. The minimum Gasteiger partial charge on any atom is -0.350 e. The lowest BCUT2D eigenvalue weighted by atomic mass is 10.2. The van der Waals surface area contributed by atoms with Crippen LogP contribution >= 0.6 is 0 Å². The number of nitrogens with one attached hydrogen (secondary N) is 1. The zero-order valence-corrected chi connectivity index (χ0v) is 15.0. The molecule has 28 heavy (non-hydrogen) atoms. The molecule has 0 bridgehead atoms. The molecule has 1 N–H and O–H groups in total. The Balaban J connectivity index is 1.39. The van der Waals surface area contributed by atoms with Crippen LogP contribution in [0, 0.1) is 5.82 Å². The fraction of sp³-hybridized carbons (Fsp3) is 0.105. The Morgan fingerprint density at radius 1 is 1.21 bits per heavy atom. The molecule has 0 atom stereocenters. The summed E-state index contributed by atoms with van der Waals surface area (Å²) < 4.78 is 15.0. The van der Waals surface area contributed by atoms with E-state index in [9.17, 15) is 9.18 Å². The van der Waals surface area contributed by atoms with Crippen molar-refractivity contribution in [2.45, 2.75) is 6.54 Å². The van der Waals surface area contributed by atoms with Crippen LogP contribution in [-0.4, -0.2) is 36.9 Å². The van der Waals surface area contributed by atoms with Crippen molar-refractivity contribution in [2.75, 3.05) is 0 Å². The van der Waals surface area contributed by atoms with Gasteiger partial charge in [-0.25, -0.2) is 9.82 Å². The summed E-state index contributed by atoms with van der Waals surface area (Å²) in [6.45, 7) is -0.138. The van der Waals surface area contributed by atoms with Crippen LogP contribution < -0.4 is 5.43 Å². The van der Waals surface area contributed by atoms with E-state index in [0.29, 0.717) is 11.4 Å². The molecular formula is C19H16FN7O. The van der Waals surface area contributed by atoms with Crippen molar-refractivity contribution in [3.8, 4) is 11.4 Å². The second kappa shape index (κ2) is 7.39. The van der Waals surface area contributed by atoms with Gasteiger partial charge in [0.15, 0.2) is 0 Å². The molecule has 2 aromatic heterocycles. The lowest BCUT2D eigenvalue weighted by molar-refractivity contribution is -0.122. The third kappa shape index (κ3) is 3.63. The first-order chi connectivity index (χ1) is 13.6. The number of hydrazone groups is 1. The highest BCUT2D eigenvalue weighted by molar-refractivity contribution is 5.99. The third-order valence-electron chi connectivity index (χ3n) is 4.16. The van der Waals surface area contributed by atoms with Gasteiger partial charge in [0, 0.05) is 35.3 Å². The second-order valence-electron chi connectivity index (χ2n) is 6.16. The first-order valence-corrected chi connectivity index (χ1v) is 8.50. The molecule has 0 radical (unpaired) electrons. The van der Waals surface area contributed by atoms with Crippen LogP contribution in [0.4, 0.5) is 4.39 Å². The van der Waals surface area contributed by atoms with E-state index in [1.807, 2.05) is 42.1 Å². The number of tetrazole rings is 1. The van der Waals surface area contributed by atoms with Gasteiger partial charge in [-0.3, -0.25) is 4.79 Å². The molecule has 0 saturated heterocycles. The van der Waals surface area contributed by atoms with Gasteiger partial charge in [-0.2, -0.15) is 9.90 Å². The topological polar surface area (TPSA) is 90.0 Å². The Morgan fingerprint density at radius 3 is 2.82 bits per heavy atom. The number of aryl methyl sites for hydroxylation is 1. The van der Waals surface area contributed by atoms with Crippen LogP contribution in [0.25, 0.3) is 22.3 Å². The summed E-state index contributed by atoms with van der Waals surface area (Å²) in [7, 11) is 1.95. The summed E-state index contributed by atoms with van der Waals surface area (Å²) in [6.07, 6.45) is 3.53. The van der Waals surface area contributed by atoms with E-state index >= 15 is 0 Å². The number of hydrogen-bond acceptors (Lipinski definition) is 5. The summed E-state index contributed by atoms with van der Waals surface area (Å²) in [5.74, 6) is -0.425. The molecule has 0 spiro atoms. The smallest absolute Gasteiger partial charge is 0.263 e. The third-order valence-corrected chi connectivity index (χ3v) is 4.16. The average molecular weight is 377 g/mol. The molecule has 0 saturated carbocycles. The van der Waals surface area contributed by atoms with Gasteiger partial charge in [0.2, 0.25) is 5.82 Å². The molecule has 0 aliphatic carbocycles. The predicted octanol–water partition coefficient (Wildman–Crippen LogP) is 2.12. The molecule has 8 nitrogen and oxygen atoms in total. The van der Waals surface area contributed by atoms with Crippen LogP contribution in [0.5, 0.6) is 0 Å². The number of halogens is 1. The van der Waals surface area contributed by atoms with Crippen LogP contribution in [-0.2, 0) is 18.4 Å². The Kier molecular flexibility index (Phi) is 4.63. The lowest BCUT2D eigenvalue weighted by Gasteiger charge is -1.98. The predicted molar refractivity (Wildman–Crippen MR) is 102 cm³/mol. The normalized spacial score (nSPS) is 11.4. The van der Waals surface area contributed by atoms with Crippen LogP contribution in [0.15, 0.2) is 59.8 Å². The van der Waals surface area contributed by atoms with Gasteiger partial charge < -0.3 is 4.57 Å². The highest BCUT2D eigenvalue weighted by Crippen LogP contribution is 2.18. The van der Waals surface area contributed by atoms with Crippen molar-refractivity contribution in [1.82, 2.24) is 30.2 Å². The van der Waals surface area contributed by atoms with Crippen LogP contribution in [0.3, 0.4) is 0 Å². The Labute approximate surface area is 159 Å². The van der Waals surface area contributed by atoms with Gasteiger partial charge >= 0.3 is 0 Å². The molecule has 0 unspecified atom stereocenters. The van der Waals surface area contributed by atoms with Gasteiger partial charge in [0.1, 0.15) is 12.4 Å². The highest BCUT2D eigenvalue weighted by Gasteiger charge is 2.09. The lowest BCUT2D eigenvalue weighted by Crippen LogP contribution is -2.24. The standard InChI is InChI=1S/C19H16FN7O/c1-26-11-14(16-4-2-3-5-17(16)26)10-21-22-18(28)12-27-24-19(23-25-27)13-6-8-15(20)9-7-13/h2-11H,12H2,1H3,(H,22,28)/b21-10+. The first-order valence-electron chi connectivity index (χ1n) is 8.50. The van der Waals surface area contributed by atoms with Gasteiger partial charge in [0.05, 0.1) is 6.21 Å². The number of benzene rings is 2. The summed E-state index contributed by atoms with van der Waals surface area (Å²) in [5, 5.41) is 16.9. The fourth-order valence-electron chi connectivity index (χ4n) is 2.84. The molecule has 4 rings (SSSR count). The summed E-state index contributed by atoms with van der Waals surface area (Å²) >= 11 is 0. The monoisotopic (exact) mass is 377 g/mol. The van der Waals surface area contributed by atoms with Gasteiger partial charge in [-0.15, -0.1) is 10.2 Å². The average Bonchev–Trinajstić information content (AvgIpc) is 3.28. The van der Waals surface area contributed by atoms with Crippen molar-refractivity contribution in [3.05, 3.63) is 66.1 Å². The van der Waals surface area contributed by atoms with Gasteiger partial charge in [0.25, 0.3) is 5.91 Å². The Morgan fingerprint density at radius 2 is 2.00 bits per heavy atom. The van der Waals surface area contributed by atoms with Crippen molar-refractivity contribution in [1.29, 1.82) is 0 Å². The number of para-hydroxylation sites is 1. The van der Waals surface area contributed by atoms with E-state index in [0.717, 1.165) is 21.3 Å². The van der Waals surface area contributed by atoms with Crippen molar-refractivity contribution >= 4 is 23.0 Å². The highest BCUT2D eigenvalue weighted by atomic mass is 19.1. The maximum absolute atomic E-state index is 13.0. The summed E-state index contributed by atoms with van der Waals surface area (Å²) in [4.78, 5) is 13.2. The number of nitrogens with zero attached hydrogens (tertiary/aromatic N) is 6. The molecular weight excluding hydrogens is 361 g/mol. The molecule has 9 heteroatoms. The number of carbonyl (C=O) groups excluding carboxylic acids is 1. The van der Waals surface area contributed by atoms with E-state index in [-0.39, 0.29) is 18.3 Å². The molecule has 1 amide bonds. The molecule has 2 aromatic carbocycles. The van der Waals surface area contributed by atoms with E-state index in [1.165, 1.54) is 12.1 Å². The molecule has 2 heterocycles. The second-order valence-corrected chi connectivity index (χ2v) is 6.16. The Bertz CT molecular complexity index is 1160. The molecule has 0 aliphatic rings. The largest absolute Gasteiger partial charge is 0.350 e. The van der Waals surface area contributed by atoms with E-state index in [1.54, 1.807) is 18.3 Å². The maximum Gasteiger partial charge on any atom is 0.263 e. The van der Waals surface area contributed by atoms with Crippen molar-refractivity contribution < 1.29 is 9.18 Å². The van der Waals surface area contributed by atoms with E-state index in [4.69, 9.17) is 0 Å². The number of hydrogen-bond donors (Lipinski definition) is 1. The quantitative estimate of drug-likeness (QED) is 0.426. The molecule has 0 aliphatic heterocycles. The number of carbonyl (C=O) groups is 1. The van der Waals surface area contributed by atoms with Crippen molar-refractivity contribution in [3.63, 3.8) is 0 Å². The minimum absolute atomic E-state index is 0.138. The summed E-state index contributed by atoms with van der Waals surface area (Å²) in [6, 6.07) is 13.6. The zero-order valence-electron chi connectivity index (χ0n) is 15.0. The van der Waals surface area contributed by atoms with Crippen molar-refractivity contribution in [2.24, 2.45) is 12.1 Å². The SMILES string of the molecule is Cn1cc(/C=N/NC(=O)Cn2nnc(-c3ccc(F)cc3)n2)c2ccccc21. The zero-order chi connectivity index (χ0) is 19.5. The fourth-order valence-corrected chi connectivity index (χ4v) is 2.84. The van der Waals surface area contributed by atoms with E-state index < -0.39 is 0 Å². The maximum atomic E-state index is 13.0. The van der Waals surface area contributed by atoms with Gasteiger partial charge in [-0.1, -0.05) is 18.2 Å². The van der Waals surface area contributed by atoms with Gasteiger partial charge in [-0.05, 0) is 35.5 Å².